The van der Waals surface area contributed by atoms with E-state index in [9.17, 15) is 13.2 Å². The van der Waals surface area contributed by atoms with E-state index in [4.69, 9.17) is 4.74 Å². The van der Waals surface area contributed by atoms with Crippen molar-refractivity contribution in [2.45, 2.75) is 31.0 Å². The molecule has 0 aliphatic carbocycles. The Kier molecular flexibility index (Phi) is 5.36. The van der Waals surface area contributed by atoms with Crippen LogP contribution in [0.3, 0.4) is 0 Å². The molecule has 1 fully saturated rings. The molecule has 1 aliphatic heterocycles. The third-order valence-electron chi connectivity index (χ3n) is 5.90. The van der Waals surface area contributed by atoms with Crippen LogP contribution in [-0.4, -0.2) is 41.6 Å². The maximum absolute atomic E-state index is 13.3. The number of aromatic nitrogens is 2. The highest BCUT2D eigenvalue weighted by Crippen LogP contribution is 2.36. The fourth-order valence-electron chi connectivity index (χ4n) is 4.11. The normalized spacial score (nSPS) is 17.7. The summed E-state index contributed by atoms with van der Waals surface area (Å²) in [5.74, 6) is 0. The minimum Gasteiger partial charge on any atom is -0.376 e. The van der Waals surface area contributed by atoms with E-state index in [-0.39, 0.29) is 12.0 Å². The molecule has 0 radical (unpaired) electrons. The molecule has 1 aromatic heterocycles. The van der Waals surface area contributed by atoms with Crippen molar-refractivity contribution in [3.8, 4) is 0 Å². The van der Waals surface area contributed by atoms with Crippen molar-refractivity contribution in [2.24, 2.45) is 0 Å². The number of piperidine rings is 1. The first-order valence-electron chi connectivity index (χ1n) is 9.72. The number of hydrogen-bond acceptors (Lipinski definition) is 3. The minimum atomic E-state index is -4.41. The number of nitrogens with zero attached hydrogens (tertiary/aromatic N) is 2. The topological polar surface area (TPSA) is 41.1 Å². The maximum Gasteiger partial charge on any atom is 0.416 e. The zero-order valence-corrected chi connectivity index (χ0v) is 16.3. The molecule has 154 valence electrons. The molecule has 0 atom stereocenters. The van der Waals surface area contributed by atoms with Crippen LogP contribution in [0.15, 0.2) is 48.8 Å². The molecule has 3 aromatic rings. The van der Waals surface area contributed by atoms with E-state index in [0.29, 0.717) is 23.2 Å². The SMILES string of the molecule is CN1CCC(COCc2cc(C(F)(F)F)cc3[nH]cnc23)(c2ccccc2)CC1. The van der Waals surface area contributed by atoms with Crippen LogP contribution >= 0.6 is 0 Å². The van der Waals surface area contributed by atoms with Crippen molar-refractivity contribution in [1.29, 1.82) is 0 Å². The summed E-state index contributed by atoms with van der Waals surface area (Å²) in [4.78, 5) is 9.25. The number of H-pyrrole nitrogens is 1. The van der Waals surface area contributed by atoms with Crippen molar-refractivity contribution in [3.63, 3.8) is 0 Å². The van der Waals surface area contributed by atoms with Gasteiger partial charge in [0.15, 0.2) is 0 Å². The van der Waals surface area contributed by atoms with Crippen LogP contribution in [0, 0.1) is 0 Å². The molecule has 1 saturated heterocycles. The molecule has 0 unspecified atom stereocenters. The summed E-state index contributed by atoms with van der Waals surface area (Å²) < 4.78 is 45.8. The second-order valence-corrected chi connectivity index (χ2v) is 7.87. The highest BCUT2D eigenvalue weighted by atomic mass is 19.4. The Balaban J connectivity index is 1.56. The summed E-state index contributed by atoms with van der Waals surface area (Å²) in [6.07, 6.45) is -1.09. The number of imidazole rings is 1. The van der Waals surface area contributed by atoms with Crippen LogP contribution in [0.4, 0.5) is 13.2 Å². The molecule has 4 rings (SSSR count). The van der Waals surface area contributed by atoms with Gasteiger partial charge in [-0.3, -0.25) is 0 Å². The monoisotopic (exact) mass is 403 g/mol. The highest BCUT2D eigenvalue weighted by molar-refractivity contribution is 5.79. The van der Waals surface area contributed by atoms with Crippen molar-refractivity contribution in [1.82, 2.24) is 14.9 Å². The molecule has 7 heteroatoms. The predicted molar refractivity (Wildman–Crippen MR) is 106 cm³/mol. The largest absolute Gasteiger partial charge is 0.416 e. The van der Waals surface area contributed by atoms with E-state index >= 15 is 0 Å². The van der Waals surface area contributed by atoms with Crippen molar-refractivity contribution >= 4 is 11.0 Å². The summed E-state index contributed by atoms with van der Waals surface area (Å²) in [5.41, 5.74) is 1.75. The van der Waals surface area contributed by atoms with Gasteiger partial charge in [-0.2, -0.15) is 13.2 Å². The Morgan fingerprint density at radius 1 is 1.14 bits per heavy atom. The van der Waals surface area contributed by atoms with Gasteiger partial charge in [-0.25, -0.2) is 4.98 Å². The number of benzene rings is 2. The summed E-state index contributed by atoms with van der Waals surface area (Å²) in [6, 6.07) is 12.5. The lowest BCUT2D eigenvalue weighted by Gasteiger charge is -2.41. The summed E-state index contributed by atoms with van der Waals surface area (Å²) in [7, 11) is 2.10. The molecule has 1 aliphatic rings. The average Bonchev–Trinajstić information content (AvgIpc) is 3.19. The Morgan fingerprint density at radius 2 is 1.86 bits per heavy atom. The van der Waals surface area contributed by atoms with E-state index in [2.05, 4.69) is 34.0 Å². The number of halogens is 3. The van der Waals surface area contributed by atoms with Crippen LogP contribution in [0.2, 0.25) is 0 Å². The second kappa shape index (κ2) is 7.80. The number of alkyl halides is 3. The summed E-state index contributed by atoms with van der Waals surface area (Å²) in [5, 5.41) is 0. The molecule has 0 spiro atoms. The van der Waals surface area contributed by atoms with Gasteiger partial charge < -0.3 is 14.6 Å². The fourth-order valence-corrected chi connectivity index (χ4v) is 4.11. The number of likely N-dealkylation sites (tertiary alicyclic amines) is 1. The molecule has 1 N–H and O–H groups in total. The highest BCUT2D eigenvalue weighted by Gasteiger charge is 2.36. The molecule has 4 nitrogen and oxygen atoms in total. The number of ether oxygens (including phenoxy) is 1. The van der Waals surface area contributed by atoms with E-state index in [0.717, 1.165) is 38.1 Å². The van der Waals surface area contributed by atoms with E-state index in [1.807, 2.05) is 18.2 Å². The van der Waals surface area contributed by atoms with Crippen LogP contribution in [0.5, 0.6) is 0 Å². The van der Waals surface area contributed by atoms with Gasteiger partial charge in [0.1, 0.15) is 0 Å². The van der Waals surface area contributed by atoms with Gasteiger partial charge in [-0.05, 0) is 50.7 Å². The zero-order chi connectivity index (χ0) is 20.5. The van der Waals surface area contributed by atoms with Crippen LogP contribution < -0.4 is 0 Å². The molecule has 0 bridgehead atoms. The van der Waals surface area contributed by atoms with E-state index < -0.39 is 11.7 Å². The molecular weight excluding hydrogens is 379 g/mol. The van der Waals surface area contributed by atoms with Gasteiger partial charge in [-0.1, -0.05) is 30.3 Å². The Bertz CT molecular complexity index is 960. The quantitative estimate of drug-likeness (QED) is 0.668. The van der Waals surface area contributed by atoms with Crippen LogP contribution in [0.1, 0.15) is 29.5 Å². The van der Waals surface area contributed by atoms with Gasteiger partial charge in [0.05, 0.1) is 36.1 Å². The first-order chi connectivity index (χ1) is 13.9. The number of rotatable bonds is 5. The van der Waals surface area contributed by atoms with Gasteiger partial charge in [0.25, 0.3) is 0 Å². The lowest BCUT2D eigenvalue weighted by atomic mass is 9.73. The first kappa shape index (κ1) is 19.9. The Labute approximate surface area is 167 Å². The number of nitrogens with one attached hydrogen (secondary N) is 1. The first-order valence-corrected chi connectivity index (χ1v) is 9.72. The third kappa shape index (κ3) is 4.16. The number of hydrogen-bond donors (Lipinski definition) is 1. The fraction of sp³-hybridized carbons (Fsp3) is 0.409. The van der Waals surface area contributed by atoms with Gasteiger partial charge in [0, 0.05) is 11.0 Å². The third-order valence-corrected chi connectivity index (χ3v) is 5.90. The molecule has 2 heterocycles. The average molecular weight is 403 g/mol. The molecule has 29 heavy (non-hydrogen) atoms. The lowest BCUT2D eigenvalue weighted by molar-refractivity contribution is -0.137. The number of fused-ring (bicyclic) bond motifs is 1. The molecular formula is C22H24F3N3O. The van der Waals surface area contributed by atoms with Gasteiger partial charge in [0.2, 0.25) is 0 Å². The molecule has 2 aromatic carbocycles. The number of aromatic amines is 1. The zero-order valence-electron chi connectivity index (χ0n) is 16.3. The second-order valence-electron chi connectivity index (χ2n) is 7.87. The predicted octanol–water partition coefficient (Wildman–Crippen LogP) is 4.76. The molecule has 0 amide bonds. The van der Waals surface area contributed by atoms with Crippen molar-refractivity contribution in [2.75, 3.05) is 26.7 Å². The summed E-state index contributed by atoms with van der Waals surface area (Å²) >= 11 is 0. The Morgan fingerprint density at radius 3 is 2.55 bits per heavy atom. The standard InChI is InChI=1S/C22H24F3N3O/c1-28-9-7-21(8-10-28,17-5-3-2-4-6-17)14-29-13-16-11-18(22(23,24)25)12-19-20(16)27-15-26-19/h2-6,11-12,15H,7-10,13-14H2,1H3,(H,26,27). The van der Waals surface area contributed by atoms with Crippen molar-refractivity contribution < 1.29 is 17.9 Å². The maximum atomic E-state index is 13.3. The van der Waals surface area contributed by atoms with Gasteiger partial charge in [-0.15, -0.1) is 0 Å². The van der Waals surface area contributed by atoms with Crippen molar-refractivity contribution in [3.05, 3.63) is 65.5 Å². The van der Waals surface area contributed by atoms with Crippen LogP contribution in [-0.2, 0) is 22.9 Å². The van der Waals surface area contributed by atoms with E-state index in [1.54, 1.807) is 0 Å². The lowest BCUT2D eigenvalue weighted by Crippen LogP contribution is -2.43. The Hall–Kier alpha value is -2.38. The van der Waals surface area contributed by atoms with Crippen LogP contribution in [0.25, 0.3) is 11.0 Å². The summed E-state index contributed by atoms with van der Waals surface area (Å²) in [6.45, 7) is 2.49. The smallest absolute Gasteiger partial charge is 0.376 e. The van der Waals surface area contributed by atoms with Gasteiger partial charge >= 0.3 is 6.18 Å². The minimum absolute atomic E-state index is 0.0930. The molecule has 0 saturated carbocycles. The van der Waals surface area contributed by atoms with E-state index in [1.165, 1.54) is 11.9 Å².